The summed E-state index contributed by atoms with van der Waals surface area (Å²) in [6, 6.07) is 0. The molecular formula is C7H9NO4. The molecule has 0 aliphatic carbocycles. The van der Waals surface area contributed by atoms with Crippen molar-refractivity contribution >= 4 is 11.9 Å². The molecule has 12 heavy (non-hydrogen) atoms. The van der Waals surface area contributed by atoms with Crippen molar-refractivity contribution in [3.05, 3.63) is 0 Å². The van der Waals surface area contributed by atoms with Crippen molar-refractivity contribution in [2.24, 2.45) is 0 Å². The molecule has 2 heterocycles. The van der Waals surface area contributed by atoms with Crippen LogP contribution in [-0.4, -0.2) is 40.8 Å². The summed E-state index contributed by atoms with van der Waals surface area (Å²) in [4.78, 5) is 22.7. The van der Waals surface area contributed by atoms with E-state index >= 15 is 0 Å². The average molecular weight is 171 g/mol. The van der Waals surface area contributed by atoms with Crippen LogP contribution in [0.1, 0.15) is 12.8 Å². The highest BCUT2D eigenvalue weighted by molar-refractivity contribution is 5.83. The number of hydrogen-bond donors (Lipinski definition) is 1. The quantitative estimate of drug-likeness (QED) is 0.564. The summed E-state index contributed by atoms with van der Waals surface area (Å²) in [5, 5.41) is 8.45. The van der Waals surface area contributed by atoms with Gasteiger partial charge in [0, 0.05) is 0 Å². The van der Waals surface area contributed by atoms with Gasteiger partial charge in [0.15, 0.2) is 0 Å². The zero-order valence-electron chi connectivity index (χ0n) is 6.40. The van der Waals surface area contributed by atoms with Crippen LogP contribution < -0.4 is 0 Å². The molecule has 2 unspecified atom stereocenters. The number of carboxylic acid groups (broad SMARTS) is 1. The molecule has 2 saturated heterocycles. The van der Waals surface area contributed by atoms with Gasteiger partial charge >= 0.3 is 5.97 Å². The molecule has 0 spiro atoms. The highest BCUT2D eigenvalue weighted by Gasteiger charge is 2.45. The maximum Gasteiger partial charge on any atom is 0.306 e. The number of hydrogen-bond acceptors (Lipinski definition) is 3. The summed E-state index contributed by atoms with van der Waals surface area (Å²) in [6.45, 7) is 0.440. The van der Waals surface area contributed by atoms with Gasteiger partial charge in [0.1, 0.15) is 6.23 Å². The van der Waals surface area contributed by atoms with E-state index in [4.69, 9.17) is 9.84 Å². The van der Waals surface area contributed by atoms with Crippen molar-refractivity contribution in [2.45, 2.75) is 25.2 Å². The third kappa shape index (κ3) is 1.06. The molecule has 0 aromatic heterocycles. The molecule has 2 fully saturated rings. The maximum absolute atomic E-state index is 10.8. The first-order chi connectivity index (χ1) is 5.66. The maximum atomic E-state index is 10.8. The van der Waals surface area contributed by atoms with Crippen LogP contribution in [0.15, 0.2) is 0 Å². The van der Waals surface area contributed by atoms with Crippen LogP contribution in [0.3, 0.4) is 0 Å². The molecule has 2 atom stereocenters. The Morgan fingerprint density at radius 1 is 1.75 bits per heavy atom. The van der Waals surface area contributed by atoms with E-state index in [1.165, 1.54) is 0 Å². The van der Waals surface area contributed by atoms with E-state index in [1.807, 2.05) is 0 Å². The number of amides is 1. The number of rotatable bonds is 2. The Hall–Kier alpha value is -1.10. The van der Waals surface area contributed by atoms with Crippen LogP contribution in [0.25, 0.3) is 0 Å². The van der Waals surface area contributed by atoms with Crippen molar-refractivity contribution in [2.75, 3.05) is 6.54 Å². The number of carbonyl (C=O) groups excluding carboxylic acids is 1. The van der Waals surface area contributed by atoms with E-state index in [1.54, 1.807) is 4.90 Å². The van der Waals surface area contributed by atoms with Gasteiger partial charge in [0.05, 0.1) is 25.5 Å². The summed E-state index contributed by atoms with van der Waals surface area (Å²) in [5.74, 6) is -0.817. The Morgan fingerprint density at radius 2 is 2.50 bits per heavy atom. The van der Waals surface area contributed by atoms with Crippen molar-refractivity contribution in [3.63, 3.8) is 0 Å². The van der Waals surface area contributed by atoms with Crippen molar-refractivity contribution in [1.82, 2.24) is 4.90 Å². The van der Waals surface area contributed by atoms with Crippen LogP contribution in [0.2, 0.25) is 0 Å². The first-order valence-electron chi connectivity index (χ1n) is 3.83. The van der Waals surface area contributed by atoms with Gasteiger partial charge in [-0.2, -0.15) is 0 Å². The Balaban J connectivity index is 1.90. The predicted molar refractivity (Wildman–Crippen MR) is 37.2 cm³/mol. The van der Waals surface area contributed by atoms with E-state index in [-0.39, 0.29) is 24.7 Å². The smallest absolute Gasteiger partial charge is 0.306 e. The molecule has 2 aliphatic heterocycles. The summed E-state index contributed by atoms with van der Waals surface area (Å²) in [5.41, 5.74) is 0. The zero-order chi connectivity index (χ0) is 8.72. The average Bonchev–Trinajstić information content (AvgIpc) is 2.26. The molecule has 0 aromatic carbocycles. The zero-order valence-corrected chi connectivity index (χ0v) is 6.40. The predicted octanol–water partition coefficient (Wildman–Crippen LogP) is -0.582. The third-order valence-electron chi connectivity index (χ3n) is 2.17. The first-order valence-corrected chi connectivity index (χ1v) is 3.83. The van der Waals surface area contributed by atoms with Crippen LogP contribution >= 0.6 is 0 Å². The molecule has 0 radical (unpaired) electrons. The fraction of sp³-hybridized carbons (Fsp3) is 0.714. The van der Waals surface area contributed by atoms with Crippen molar-refractivity contribution in [1.29, 1.82) is 0 Å². The van der Waals surface area contributed by atoms with Gasteiger partial charge in [0.25, 0.3) is 0 Å². The van der Waals surface area contributed by atoms with Crippen LogP contribution in [-0.2, 0) is 14.3 Å². The largest absolute Gasteiger partial charge is 0.481 e. The number of fused-ring (bicyclic) bond motifs is 1. The van der Waals surface area contributed by atoms with E-state index < -0.39 is 5.97 Å². The first kappa shape index (κ1) is 7.54. The van der Waals surface area contributed by atoms with Crippen molar-refractivity contribution in [3.8, 4) is 0 Å². The Bertz CT molecular complexity index is 240. The van der Waals surface area contributed by atoms with E-state index in [0.29, 0.717) is 13.0 Å². The number of ether oxygens (including phenoxy) is 1. The molecule has 5 heteroatoms. The molecule has 0 aromatic rings. The Labute approximate surface area is 68.9 Å². The monoisotopic (exact) mass is 171 g/mol. The molecule has 0 bridgehead atoms. The number of aliphatic carboxylic acids is 1. The van der Waals surface area contributed by atoms with Gasteiger partial charge in [-0.3, -0.25) is 9.59 Å². The second kappa shape index (κ2) is 2.45. The highest BCUT2D eigenvalue weighted by Crippen LogP contribution is 2.29. The lowest BCUT2D eigenvalue weighted by atomic mass is 10.2. The number of nitrogens with zero attached hydrogens (tertiary/aromatic N) is 1. The fourth-order valence-corrected chi connectivity index (χ4v) is 1.56. The van der Waals surface area contributed by atoms with Crippen molar-refractivity contribution < 1.29 is 19.4 Å². The third-order valence-corrected chi connectivity index (χ3v) is 2.17. The SMILES string of the molecule is O=C(O)CC1CN2C(=O)CC2O1. The summed E-state index contributed by atoms with van der Waals surface area (Å²) >= 11 is 0. The molecule has 2 rings (SSSR count). The lowest BCUT2D eigenvalue weighted by molar-refractivity contribution is -0.156. The van der Waals surface area contributed by atoms with Crippen LogP contribution in [0.4, 0.5) is 0 Å². The molecule has 1 amide bonds. The van der Waals surface area contributed by atoms with E-state index in [0.717, 1.165) is 0 Å². The Morgan fingerprint density at radius 3 is 3.00 bits per heavy atom. The van der Waals surface area contributed by atoms with E-state index in [2.05, 4.69) is 0 Å². The second-order valence-electron chi connectivity index (χ2n) is 3.06. The summed E-state index contributed by atoms with van der Waals surface area (Å²) in [6.07, 6.45) is -0.0445. The highest BCUT2D eigenvalue weighted by atomic mass is 16.5. The minimum absolute atomic E-state index is 0.0136. The van der Waals surface area contributed by atoms with Gasteiger partial charge in [-0.05, 0) is 0 Å². The number of carboxylic acids is 1. The van der Waals surface area contributed by atoms with Gasteiger partial charge in [0.2, 0.25) is 5.91 Å². The minimum Gasteiger partial charge on any atom is -0.481 e. The summed E-state index contributed by atoms with van der Waals surface area (Å²) in [7, 11) is 0. The molecule has 0 saturated carbocycles. The fourth-order valence-electron chi connectivity index (χ4n) is 1.56. The van der Waals surface area contributed by atoms with Gasteiger partial charge < -0.3 is 14.7 Å². The van der Waals surface area contributed by atoms with Crippen LogP contribution in [0.5, 0.6) is 0 Å². The van der Waals surface area contributed by atoms with Gasteiger partial charge in [-0.25, -0.2) is 0 Å². The summed E-state index contributed by atoms with van der Waals surface area (Å²) < 4.78 is 5.27. The van der Waals surface area contributed by atoms with Gasteiger partial charge in [-0.1, -0.05) is 0 Å². The lowest BCUT2D eigenvalue weighted by Crippen LogP contribution is -2.48. The second-order valence-corrected chi connectivity index (χ2v) is 3.06. The topological polar surface area (TPSA) is 66.8 Å². The standard InChI is InChI=1S/C7H9NO4/c9-5-2-6-8(5)3-4(12-6)1-7(10)11/h4,6H,1-3H2,(H,10,11). The Kier molecular flexibility index (Phi) is 1.54. The van der Waals surface area contributed by atoms with Gasteiger partial charge in [-0.15, -0.1) is 0 Å². The molecule has 5 nitrogen and oxygen atoms in total. The molecule has 66 valence electrons. The normalized spacial score (nSPS) is 33.0. The van der Waals surface area contributed by atoms with Crippen LogP contribution in [0, 0.1) is 0 Å². The van der Waals surface area contributed by atoms with E-state index in [9.17, 15) is 9.59 Å². The molecular weight excluding hydrogens is 162 g/mol. The number of carbonyl (C=O) groups is 2. The lowest BCUT2D eigenvalue weighted by Gasteiger charge is -2.31. The molecule has 2 aliphatic rings. The molecule has 1 N–H and O–H groups in total. The number of β-lactam (4-membered cyclic amide) rings is 1. The minimum atomic E-state index is -0.880.